The van der Waals surface area contributed by atoms with Gasteiger partial charge in [-0.3, -0.25) is 4.79 Å². The molecule has 20 heavy (non-hydrogen) atoms. The average Bonchev–Trinajstić information content (AvgIpc) is 3.07. The van der Waals surface area contributed by atoms with E-state index < -0.39 is 0 Å². The van der Waals surface area contributed by atoms with Crippen molar-refractivity contribution in [3.63, 3.8) is 0 Å². The second-order valence-electron chi connectivity index (χ2n) is 5.27. The Morgan fingerprint density at radius 3 is 2.75 bits per heavy atom. The summed E-state index contributed by atoms with van der Waals surface area (Å²) in [6, 6.07) is 10.2. The molecule has 0 radical (unpaired) electrons. The lowest BCUT2D eigenvalue weighted by molar-refractivity contribution is -0.119. The van der Waals surface area contributed by atoms with E-state index >= 15 is 0 Å². The van der Waals surface area contributed by atoms with Crippen molar-refractivity contribution < 1.29 is 4.79 Å². The summed E-state index contributed by atoms with van der Waals surface area (Å²) in [7, 11) is 0. The highest BCUT2D eigenvalue weighted by Crippen LogP contribution is 2.27. The van der Waals surface area contributed by atoms with Crippen LogP contribution < -0.4 is 5.32 Å². The number of nitrogens with one attached hydrogen (secondary N) is 2. The minimum atomic E-state index is 0.115. The summed E-state index contributed by atoms with van der Waals surface area (Å²) in [4.78, 5) is 19.6. The second-order valence-corrected chi connectivity index (χ2v) is 5.27. The third-order valence-electron chi connectivity index (χ3n) is 3.71. The highest BCUT2D eigenvalue weighted by Gasteiger charge is 2.26. The van der Waals surface area contributed by atoms with Gasteiger partial charge in [0.2, 0.25) is 5.91 Å². The first-order chi connectivity index (χ1) is 9.78. The fourth-order valence-corrected chi connectivity index (χ4v) is 2.69. The maximum absolute atomic E-state index is 11.4. The molecule has 0 bridgehead atoms. The first-order valence-corrected chi connectivity index (χ1v) is 7.18. The molecular formula is C16H19N3O. The van der Waals surface area contributed by atoms with Crippen LogP contribution in [0.1, 0.15) is 37.2 Å². The molecule has 1 fully saturated rings. The molecule has 1 atom stereocenters. The minimum Gasteiger partial charge on any atom is -0.355 e. The molecule has 0 unspecified atom stereocenters. The Kier molecular flexibility index (Phi) is 3.54. The molecule has 1 aromatic heterocycles. The van der Waals surface area contributed by atoms with Crippen LogP contribution in [0.5, 0.6) is 0 Å². The van der Waals surface area contributed by atoms with E-state index in [1.54, 1.807) is 0 Å². The normalized spacial score (nSPS) is 18.2. The third kappa shape index (κ3) is 2.46. The van der Waals surface area contributed by atoms with Gasteiger partial charge in [0.15, 0.2) is 0 Å². The van der Waals surface area contributed by atoms with Gasteiger partial charge in [0.05, 0.1) is 5.69 Å². The van der Waals surface area contributed by atoms with Crippen molar-refractivity contribution >= 4 is 5.91 Å². The van der Waals surface area contributed by atoms with Crippen molar-refractivity contribution in [3.05, 3.63) is 41.9 Å². The number of aromatic nitrogens is 2. The molecule has 0 spiro atoms. The SMILES string of the molecule is CCCc1[nH]c([C@@H]2CNC(=O)C2)nc1-c1ccccc1. The van der Waals surface area contributed by atoms with E-state index in [1.807, 2.05) is 18.2 Å². The lowest BCUT2D eigenvalue weighted by Gasteiger charge is -2.01. The molecule has 2 heterocycles. The highest BCUT2D eigenvalue weighted by atomic mass is 16.1. The number of hydrogen-bond donors (Lipinski definition) is 2. The Morgan fingerprint density at radius 2 is 2.10 bits per heavy atom. The summed E-state index contributed by atoms with van der Waals surface area (Å²) >= 11 is 0. The number of imidazole rings is 1. The van der Waals surface area contributed by atoms with Crippen LogP contribution >= 0.6 is 0 Å². The van der Waals surface area contributed by atoms with E-state index in [4.69, 9.17) is 4.98 Å². The Balaban J connectivity index is 1.96. The summed E-state index contributed by atoms with van der Waals surface area (Å²) in [5, 5.41) is 2.87. The topological polar surface area (TPSA) is 57.8 Å². The van der Waals surface area contributed by atoms with Crippen LogP contribution in [0.15, 0.2) is 30.3 Å². The lowest BCUT2D eigenvalue weighted by Crippen LogP contribution is -2.13. The number of amides is 1. The number of rotatable bonds is 4. The van der Waals surface area contributed by atoms with E-state index in [-0.39, 0.29) is 11.8 Å². The summed E-state index contributed by atoms with van der Waals surface area (Å²) in [5.41, 5.74) is 3.34. The number of carbonyl (C=O) groups excluding carboxylic acids is 1. The van der Waals surface area contributed by atoms with E-state index in [9.17, 15) is 4.79 Å². The van der Waals surface area contributed by atoms with Gasteiger partial charge in [-0.05, 0) is 6.42 Å². The molecule has 1 aliphatic heterocycles. The number of hydrogen-bond acceptors (Lipinski definition) is 2. The number of aromatic amines is 1. The standard InChI is InChI=1S/C16H19N3O/c1-2-6-13-15(11-7-4-3-5-8-11)19-16(18-13)12-9-14(20)17-10-12/h3-5,7-8,12H,2,6,9-10H2,1H3,(H,17,20)(H,18,19)/t12-/m0/s1. The minimum absolute atomic E-state index is 0.115. The van der Waals surface area contributed by atoms with Gasteiger partial charge in [-0.15, -0.1) is 0 Å². The van der Waals surface area contributed by atoms with Gasteiger partial charge in [0.25, 0.3) is 0 Å². The molecular weight excluding hydrogens is 250 g/mol. The molecule has 0 aliphatic carbocycles. The summed E-state index contributed by atoms with van der Waals surface area (Å²) in [6.07, 6.45) is 2.59. The molecule has 4 nitrogen and oxygen atoms in total. The molecule has 2 aromatic rings. The van der Waals surface area contributed by atoms with Crippen molar-refractivity contribution in [3.8, 4) is 11.3 Å². The molecule has 4 heteroatoms. The molecule has 1 aliphatic rings. The van der Waals surface area contributed by atoms with E-state index in [1.165, 1.54) is 5.69 Å². The number of aryl methyl sites for hydroxylation is 1. The molecule has 1 saturated heterocycles. The number of carbonyl (C=O) groups is 1. The largest absolute Gasteiger partial charge is 0.355 e. The summed E-state index contributed by atoms with van der Waals surface area (Å²) in [5.74, 6) is 1.23. The fourth-order valence-electron chi connectivity index (χ4n) is 2.69. The summed E-state index contributed by atoms with van der Waals surface area (Å²) in [6.45, 7) is 2.85. The lowest BCUT2D eigenvalue weighted by atomic mass is 10.1. The van der Waals surface area contributed by atoms with E-state index in [0.29, 0.717) is 13.0 Å². The molecule has 3 rings (SSSR count). The zero-order valence-corrected chi connectivity index (χ0v) is 11.6. The van der Waals surface area contributed by atoms with Crippen LogP contribution in [0.25, 0.3) is 11.3 Å². The maximum atomic E-state index is 11.4. The monoisotopic (exact) mass is 269 g/mol. The maximum Gasteiger partial charge on any atom is 0.220 e. The van der Waals surface area contributed by atoms with Gasteiger partial charge < -0.3 is 10.3 Å². The van der Waals surface area contributed by atoms with Crippen molar-refractivity contribution in [1.29, 1.82) is 0 Å². The van der Waals surface area contributed by atoms with Gasteiger partial charge >= 0.3 is 0 Å². The zero-order chi connectivity index (χ0) is 13.9. The Morgan fingerprint density at radius 1 is 1.30 bits per heavy atom. The van der Waals surface area contributed by atoms with Crippen LogP contribution in [0.4, 0.5) is 0 Å². The second kappa shape index (κ2) is 5.49. The van der Waals surface area contributed by atoms with Gasteiger partial charge in [-0.25, -0.2) is 4.98 Å². The summed E-state index contributed by atoms with van der Waals surface area (Å²) < 4.78 is 0. The first-order valence-electron chi connectivity index (χ1n) is 7.18. The quantitative estimate of drug-likeness (QED) is 0.896. The molecule has 2 N–H and O–H groups in total. The zero-order valence-electron chi connectivity index (χ0n) is 11.6. The fraction of sp³-hybridized carbons (Fsp3) is 0.375. The van der Waals surface area contributed by atoms with Gasteiger partial charge in [0, 0.05) is 30.1 Å². The smallest absolute Gasteiger partial charge is 0.220 e. The van der Waals surface area contributed by atoms with Crippen molar-refractivity contribution in [2.75, 3.05) is 6.54 Å². The van der Waals surface area contributed by atoms with Crippen molar-refractivity contribution in [2.45, 2.75) is 32.1 Å². The predicted molar refractivity (Wildman–Crippen MR) is 78.4 cm³/mol. The molecule has 1 aromatic carbocycles. The van der Waals surface area contributed by atoms with E-state index in [2.05, 4.69) is 29.4 Å². The van der Waals surface area contributed by atoms with Crippen molar-refractivity contribution in [2.24, 2.45) is 0 Å². The number of H-pyrrole nitrogens is 1. The average molecular weight is 269 g/mol. The predicted octanol–water partition coefficient (Wildman–Crippen LogP) is 2.63. The molecule has 104 valence electrons. The van der Waals surface area contributed by atoms with Crippen LogP contribution in [0.2, 0.25) is 0 Å². The van der Waals surface area contributed by atoms with Gasteiger partial charge in [-0.1, -0.05) is 43.7 Å². The van der Waals surface area contributed by atoms with Gasteiger partial charge in [0.1, 0.15) is 5.82 Å². The van der Waals surface area contributed by atoms with E-state index in [0.717, 1.165) is 29.9 Å². The Labute approximate surface area is 118 Å². The number of benzene rings is 1. The first kappa shape index (κ1) is 12.9. The van der Waals surface area contributed by atoms with Crippen LogP contribution in [-0.4, -0.2) is 22.4 Å². The van der Waals surface area contributed by atoms with Gasteiger partial charge in [-0.2, -0.15) is 0 Å². The van der Waals surface area contributed by atoms with Crippen LogP contribution in [0.3, 0.4) is 0 Å². The Hall–Kier alpha value is -2.10. The molecule has 1 amide bonds. The number of nitrogens with zero attached hydrogens (tertiary/aromatic N) is 1. The highest BCUT2D eigenvalue weighted by molar-refractivity contribution is 5.79. The molecule has 0 saturated carbocycles. The Bertz CT molecular complexity index is 603. The van der Waals surface area contributed by atoms with Crippen molar-refractivity contribution in [1.82, 2.24) is 15.3 Å². The van der Waals surface area contributed by atoms with Crippen LogP contribution in [0, 0.1) is 0 Å². The third-order valence-corrected chi connectivity index (χ3v) is 3.71. The van der Waals surface area contributed by atoms with Crippen LogP contribution in [-0.2, 0) is 11.2 Å².